The van der Waals surface area contributed by atoms with Gasteiger partial charge in [0.25, 0.3) is 0 Å². The van der Waals surface area contributed by atoms with Gasteiger partial charge in [-0.05, 0) is 6.42 Å². The Morgan fingerprint density at radius 2 is 1.75 bits per heavy atom. The largest absolute Gasteiger partial charge is 0.467 e. The molecule has 0 saturated carbocycles. The van der Waals surface area contributed by atoms with E-state index in [-0.39, 0.29) is 18.2 Å². The maximum absolute atomic E-state index is 11.0. The second kappa shape index (κ2) is 7.66. The highest BCUT2D eigenvalue weighted by Crippen LogP contribution is 2.28. The number of carbonyl (C=O) groups excluding carboxylic acids is 1. The number of ether oxygens (including phenoxy) is 2. The van der Waals surface area contributed by atoms with Crippen molar-refractivity contribution in [2.75, 3.05) is 7.11 Å². The van der Waals surface area contributed by atoms with Crippen LogP contribution in [0, 0.1) is 0 Å². The zero-order chi connectivity index (χ0) is 11.8. The Kier molecular flexibility index (Phi) is 6.46. The lowest BCUT2D eigenvalue weighted by atomic mass is 10.1. The van der Waals surface area contributed by atoms with Gasteiger partial charge < -0.3 is 9.47 Å². The van der Waals surface area contributed by atoms with Crippen LogP contribution < -0.4 is 0 Å². The average molecular weight is 228 g/mol. The summed E-state index contributed by atoms with van der Waals surface area (Å²) in [5.74, 6) is -0.215. The second-order valence-corrected chi connectivity index (χ2v) is 4.53. The van der Waals surface area contributed by atoms with Crippen LogP contribution in [0.2, 0.25) is 0 Å². The van der Waals surface area contributed by atoms with Gasteiger partial charge in [-0.25, -0.2) is 4.79 Å². The van der Waals surface area contributed by atoms with Gasteiger partial charge in [-0.2, -0.15) is 0 Å². The molecule has 94 valence electrons. The van der Waals surface area contributed by atoms with Crippen LogP contribution in [0.4, 0.5) is 0 Å². The number of hydrogen-bond donors (Lipinski definition) is 0. The van der Waals surface area contributed by atoms with Gasteiger partial charge >= 0.3 is 5.97 Å². The highest BCUT2D eigenvalue weighted by atomic mass is 16.6. The predicted octanol–water partition coefficient (Wildman–Crippen LogP) is 3.07. The third-order valence-corrected chi connectivity index (χ3v) is 3.11. The van der Waals surface area contributed by atoms with Crippen LogP contribution in [0.5, 0.6) is 0 Å². The van der Waals surface area contributed by atoms with Crippen molar-refractivity contribution < 1.29 is 14.3 Å². The molecule has 0 aliphatic carbocycles. The summed E-state index contributed by atoms with van der Waals surface area (Å²) >= 11 is 0. The Morgan fingerprint density at radius 1 is 1.12 bits per heavy atom. The van der Waals surface area contributed by atoms with Crippen molar-refractivity contribution >= 4 is 5.97 Å². The number of hydrogen-bond acceptors (Lipinski definition) is 3. The van der Waals surface area contributed by atoms with E-state index < -0.39 is 0 Å². The van der Waals surface area contributed by atoms with E-state index in [9.17, 15) is 4.79 Å². The molecule has 16 heavy (non-hydrogen) atoms. The summed E-state index contributed by atoms with van der Waals surface area (Å²) in [5.41, 5.74) is 0. The summed E-state index contributed by atoms with van der Waals surface area (Å²) in [5, 5.41) is 0. The van der Waals surface area contributed by atoms with Crippen LogP contribution in [0.1, 0.15) is 58.3 Å². The topological polar surface area (TPSA) is 38.8 Å². The number of epoxide rings is 1. The highest BCUT2D eigenvalue weighted by molar-refractivity contribution is 5.77. The number of unbranched alkanes of at least 4 members (excludes halogenated alkanes) is 6. The number of carbonyl (C=O) groups is 1. The molecular formula is C13H24O3. The van der Waals surface area contributed by atoms with Crippen LogP contribution in [0.25, 0.3) is 0 Å². The third-order valence-electron chi connectivity index (χ3n) is 3.11. The lowest BCUT2D eigenvalue weighted by molar-refractivity contribution is -0.142. The van der Waals surface area contributed by atoms with Crippen molar-refractivity contribution in [2.24, 2.45) is 0 Å². The van der Waals surface area contributed by atoms with E-state index in [1.165, 1.54) is 52.1 Å². The normalized spacial score (nSPS) is 23.1. The molecule has 1 aliphatic rings. The minimum Gasteiger partial charge on any atom is -0.467 e. The fourth-order valence-corrected chi connectivity index (χ4v) is 1.99. The van der Waals surface area contributed by atoms with Crippen molar-refractivity contribution in [3.05, 3.63) is 0 Å². The molecule has 0 N–H and O–H groups in total. The van der Waals surface area contributed by atoms with E-state index in [2.05, 4.69) is 11.7 Å². The van der Waals surface area contributed by atoms with E-state index in [4.69, 9.17) is 4.74 Å². The third kappa shape index (κ3) is 4.97. The smallest absolute Gasteiger partial charge is 0.337 e. The van der Waals surface area contributed by atoms with E-state index in [1.807, 2.05) is 0 Å². The Labute approximate surface area is 98.5 Å². The van der Waals surface area contributed by atoms with E-state index >= 15 is 0 Å². The molecule has 2 unspecified atom stereocenters. The van der Waals surface area contributed by atoms with Gasteiger partial charge in [0, 0.05) is 0 Å². The Morgan fingerprint density at radius 3 is 2.38 bits per heavy atom. The molecule has 1 rings (SSSR count). The molecule has 1 saturated heterocycles. The van der Waals surface area contributed by atoms with Gasteiger partial charge in [-0.1, -0.05) is 51.9 Å². The molecule has 0 bridgehead atoms. The van der Waals surface area contributed by atoms with E-state index in [0.29, 0.717) is 0 Å². The molecule has 0 amide bonds. The quantitative estimate of drug-likeness (QED) is 0.346. The first kappa shape index (κ1) is 13.5. The molecule has 1 aliphatic heterocycles. The molecule has 0 aromatic heterocycles. The molecule has 2 atom stereocenters. The van der Waals surface area contributed by atoms with Gasteiger partial charge in [0.15, 0.2) is 6.10 Å². The van der Waals surface area contributed by atoms with E-state index in [1.54, 1.807) is 0 Å². The summed E-state index contributed by atoms with van der Waals surface area (Å²) in [6.45, 7) is 2.23. The average Bonchev–Trinajstić information content (AvgIpc) is 3.06. The summed E-state index contributed by atoms with van der Waals surface area (Å²) in [6.07, 6.45) is 10.0. The molecule has 3 heteroatoms. The van der Waals surface area contributed by atoms with Gasteiger partial charge in [-0.3, -0.25) is 0 Å². The fraction of sp³-hybridized carbons (Fsp3) is 0.923. The monoisotopic (exact) mass is 228 g/mol. The first-order valence-electron chi connectivity index (χ1n) is 6.53. The Hall–Kier alpha value is -0.570. The molecular weight excluding hydrogens is 204 g/mol. The molecule has 0 radical (unpaired) electrons. The summed E-state index contributed by atoms with van der Waals surface area (Å²) in [6, 6.07) is 0. The maximum Gasteiger partial charge on any atom is 0.337 e. The number of rotatable bonds is 9. The van der Waals surface area contributed by atoms with Crippen molar-refractivity contribution in [3.8, 4) is 0 Å². The molecule has 3 nitrogen and oxygen atoms in total. The lowest BCUT2D eigenvalue weighted by Gasteiger charge is -1.99. The van der Waals surface area contributed by atoms with Crippen LogP contribution in [0.3, 0.4) is 0 Å². The van der Waals surface area contributed by atoms with Crippen molar-refractivity contribution in [1.82, 2.24) is 0 Å². The Bertz CT molecular complexity index is 203. The second-order valence-electron chi connectivity index (χ2n) is 4.53. The standard InChI is InChI=1S/C13H24O3/c1-3-4-5-6-7-8-9-10-11-12(16-11)13(14)15-2/h11-12H,3-10H2,1-2H3. The van der Waals surface area contributed by atoms with Crippen LogP contribution in [-0.4, -0.2) is 25.3 Å². The predicted molar refractivity (Wildman–Crippen MR) is 63.3 cm³/mol. The Balaban J connectivity index is 1.84. The zero-order valence-corrected chi connectivity index (χ0v) is 10.5. The minimum absolute atomic E-state index is 0.142. The van der Waals surface area contributed by atoms with E-state index in [0.717, 1.165) is 6.42 Å². The van der Waals surface area contributed by atoms with Crippen LogP contribution in [0.15, 0.2) is 0 Å². The first-order valence-corrected chi connectivity index (χ1v) is 6.53. The summed E-state index contributed by atoms with van der Waals surface area (Å²) < 4.78 is 9.85. The molecule has 1 fully saturated rings. The number of methoxy groups -OCH3 is 1. The van der Waals surface area contributed by atoms with Gasteiger partial charge in [0.05, 0.1) is 13.2 Å². The minimum atomic E-state index is -0.259. The van der Waals surface area contributed by atoms with Crippen LogP contribution >= 0.6 is 0 Å². The maximum atomic E-state index is 11.0. The molecule has 1 heterocycles. The van der Waals surface area contributed by atoms with Gasteiger partial charge in [0.1, 0.15) is 0 Å². The fourth-order valence-electron chi connectivity index (χ4n) is 1.99. The lowest BCUT2D eigenvalue weighted by Crippen LogP contribution is -2.11. The highest BCUT2D eigenvalue weighted by Gasteiger charge is 2.45. The summed E-state index contributed by atoms with van der Waals surface area (Å²) in [7, 11) is 1.41. The first-order chi connectivity index (χ1) is 7.79. The zero-order valence-electron chi connectivity index (χ0n) is 10.5. The van der Waals surface area contributed by atoms with Gasteiger partial charge in [0.2, 0.25) is 0 Å². The van der Waals surface area contributed by atoms with Crippen molar-refractivity contribution in [1.29, 1.82) is 0 Å². The summed E-state index contributed by atoms with van der Waals surface area (Å²) in [4.78, 5) is 11.0. The number of esters is 1. The van der Waals surface area contributed by atoms with Crippen molar-refractivity contribution in [3.63, 3.8) is 0 Å². The van der Waals surface area contributed by atoms with Crippen LogP contribution in [-0.2, 0) is 14.3 Å². The SMILES string of the molecule is CCCCCCCCCC1OC1C(=O)OC. The van der Waals surface area contributed by atoms with Gasteiger partial charge in [-0.15, -0.1) is 0 Å². The molecule has 0 aromatic rings. The molecule has 0 spiro atoms. The van der Waals surface area contributed by atoms with Crippen molar-refractivity contribution in [2.45, 2.75) is 70.5 Å². The molecule has 0 aromatic carbocycles.